The molecule has 0 fully saturated rings. The molecule has 0 atom stereocenters. The second-order valence-electron chi connectivity index (χ2n) is 6.24. The highest BCUT2D eigenvalue weighted by molar-refractivity contribution is 5.87. The molecule has 138 valence electrons. The monoisotopic (exact) mass is 364 g/mol. The number of para-hydroxylation sites is 1. The molecule has 0 aliphatic rings. The van der Waals surface area contributed by atoms with E-state index in [2.05, 4.69) is 9.97 Å². The molecule has 0 saturated carbocycles. The molecule has 7 nitrogen and oxygen atoms in total. The highest BCUT2D eigenvalue weighted by Gasteiger charge is 2.21. The Bertz CT molecular complexity index is 1140. The number of aromatic hydroxyl groups is 1. The predicted molar refractivity (Wildman–Crippen MR) is 105 cm³/mol. The number of imidazole rings is 1. The minimum atomic E-state index is 0.0223. The van der Waals surface area contributed by atoms with Crippen molar-refractivity contribution in [2.45, 2.75) is 6.92 Å². The molecular weight excluding hydrogens is 344 g/mol. The van der Waals surface area contributed by atoms with Crippen molar-refractivity contribution in [1.82, 2.24) is 14.5 Å². The molecular formula is C20H20N4O3. The summed E-state index contributed by atoms with van der Waals surface area (Å²) >= 11 is 0. The van der Waals surface area contributed by atoms with Crippen LogP contribution in [0.2, 0.25) is 0 Å². The van der Waals surface area contributed by atoms with E-state index in [0.717, 1.165) is 16.6 Å². The van der Waals surface area contributed by atoms with Gasteiger partial charge in [0.15, 0.2) is 0 Å². The maximum atomic E-state index is 10.6. The van der Waals surface area contributed by atoms with Gasteiger partial charge in [0.05, 0.1) is 37.1 Å². The number of nitrogens with zero attached hydrogens (tertiary/aromatic N) is 2. The van der Waals surface area contributed by atoms with Gasteiger partial charge in [0.2, 0.25) is 0 Å². The smallest absolute Gasteiger partial charge is 0.146 e. The van der Waals surface area contributed by atoms with Crippen LogP contribution in [-0.2, 0) is 0 Å². The van der Waals surface area contributed by atoms with Crippen molar-refractivity contribution < 1.29 is 14.6 Å². The number of hydrogen-bond acceptors (Lipinski definition) is 5. The van der Waals surface area contributed by atoms with E-state index in [9.17, 15) is 5.11 Å². The van der Waals surface area contributed by atoms with Gasteiger partial charge in [-0.15, -0.1) is 0 Å². The summed E-state index contributed by atoms with van der Waals surface area (Å²) in [6.45, 7) is 1.99. The van der Waals surface area contributed by atoms with Crippen molar-refractivity contribution in [3.63, 3.8) is 0 Å². The first-order valence-corrected chi connectivity index (χ1v) is 8.41. The number of benzene rings is 2. The summed E-state index contributed by atoms with van der Waals surface area (Å²) in [6, 6.07) is 11.3. The lowest BCUT2D eigenvalue weighted by Gasteiger charge is -2.13. The molecule has 0 bridgehead atoms. The van der Waals surface area contributed by atoms with Crippen molar-refractivity contribution in [3.8, 4) is 34.3 Å². The fourth-order valence-corrected chi connectivity index (χ4v) is 3.23. The number of rotatable bonds is 4. The van der Waals surface area contributed by atoms with Crippen LogP contribution in [0.3, 0.4) is 0 Å². The topological polar surface area (TPSA) is 98.3 Å². The summed E-state index contributed by atoms with van der Waals surface area (Å²) in [5.41, 5.74) is 10.3. The predicted octanol–water partition coefficient (Wildman–Crippen LogP) is 3.63. The van der Waals surface area contributed by atoms with E-state index in [4.69, 9.17) is 15.2 Å². The highest BCUT2D eigenvalue weighted by atomic mass is 16.5. The lowest BCUT2D eigenvalue weighted by molar-refractivity contribution is 0.401. The zero-order chi connectivity index (χ0) is 19.1. The van der Waals surface area contributed by atoms with Crippen LogP contribution >= 0.6 is 0 Å². The number of nitrogen functional groups attached to an aromatic ring is 1. The van der Waals surface area contributed by atoms with Crippen molar-refractivity contribution in [1.29, 1.82) is 0 Å². The number of nitrogens with two attached hydrogens (primary N) is 1. The molecule has 0 unspecified atom stereocenters. The minimum Gasteiger partial charge on any atom is -0.505 e. The van der Waals surface area contributed by atoms with Crippen molar-refractivity contribution in [2.24, 2.45) is 0 Å². The minimum absolute atomic E-state index is 0.0223. The van der Waals surface area contributed by atoms with Gasteiger partial charge in [0.1, 0.15) is 34.5 Å². The first kappa shape index (κ1) is 16.8. The van der Waals surface area contributed by atoms with Gasteiger partial charge in [-0.25, -0.2) is 4.98 Å². The zero-order valence-corrected chi connectivity index (χ0v) is 15.3. The maximum absolute atomic E-state index is 10.6. The summed E-state index contributed by atoms with van der Waals surface area (Å²) in [5.74, 6) is 2.13. The zero-order valence-electron chi connectivity index (χ0n) is 15.3. The molecule has 0 saturated heterocycles. The fourth-order valence-electron chi connectivity index (χ4n) is 3.23. The third-order valence-corrected chi connectivity index (χ3v) is 4.62. The molecule has 0 amide bonds. The molecule has 0 aliphatic heterocycles. The molecule has 4 aromatic rings. The molecule has 4 N–H and O–H groups in total. The van der Waals surface area contributed by atoms with Crippen LogP contribution < -0.4 is 15.2 Å². The number of anilines is 1. The number of aromatic amines is 1. The molecule has 7 heteroatoms. The molecule has 2 heterocycles. The van der Waals surface area contributed by atoms with Gasteiger partial charge in [-0.05, 0) is 30.7 Å². The molecule has 2 aromatic heterocycles. The molecule has 0 aliphatic carbocycles. The first-order chi connectivity index (χ1) is 13.0. The number of fused-ring (bicyclic) bond motifs is 1. The molecule has 2 aromatic carbocycles. The van der Waals surface area contributed by atoms with Crippen LogP contribution in [0.5, 0.6) is 17.2 Å². The first-order valence-electron chi connectivity index (χ1n) is 8.41. The van der Waals surface area contributed by atoms with E-state index in [1.54, 1.807) is 43.2 Å². The van der Waals surface area contributed by atoms with Crippen LogP contribution in [0.1, 0.15) is 5.56 Å². The van der Waals surface area contributed by atoms with E-state index < -0.39 is 0 Å². The Morgan fingerprint density at radius 2 is 1.96 bits per heavy atom. The summed E-state index contributed by atoms with van der Waals surface area (Å²) < 4.78 is 12.4. The quantitative estimate of drug-likeness (QED) is 0.514. The Balaban J connectivity index is 1.91. The van der Waals surface area contributed by atoms with E-state index >= 15 is 0 Å². The van der Waals surface area contributed by atoms with E-state index in [0.29, 0.717) is 34.4 Å². The van der Waals surface area contributed by atoms with Gasteiger partial charge in [-0.1, -0.05) is 12.1 Å². The van der Waals surface area contributed by atoms with Gasteiger partial charge in [0.25, 0.3) is 0 Å². The molecule has 0 spiro atoms. The Morgan fingerprint density at radius 1 is 1.15 bits per heavy atom. The van der Waals surface area contributed by atoms with Crippen molar-refractivity contribution in [3.05, 3.63) is 48.2 Å². The molecule has 4 rings (SSSR count). The second kappa shape index (κ2) is 6.28. The van der Waals surface area contributed by atoms with Crippen LogP contribution in [0.25, 0.3) is 28.1 Å². The van der Waals surface area contributed by atoms with E-state index in [1.807, 2.05) is 25.1 Å². The lowest BCUT2D eigenvalue weighted by Crippen LogP contribution is -2.02. The summed E-state index contributed by atoms with van der Waals surface area (Å²) in [7, 11) is 3.16. The normalized spacial score (nSPS) is 11.1. The lowest BCUT2D eigenvalue weighted by atomic mass is 10.2. The van der Waals surface area contributed by atoms with Crippen LogP contribution in [0, 0.1) is 6.92 Å². The Kier molecular flexibility index (Phi) is 3.92. The van der Waals surface area contributed by atoms with Gasteiger partial charge >= 0.3 is 0 Å². The number of nitrogens with one attached hydrogen (secondary N) is 1. The largest absolute Gasteiger partial charge is 0.505 e. The SMILES string of the molecule is COc1ccc(OC)c(-n2cc(O)c(-c3nc4c(C)cccc4[nH]3)c2N)c1. The van der Waals surface area contributed by atoms with Crippen molar-refractivity contribution >= 4 is 16.9 Å². The number of ether oxygens (including phenoxy) is 2. The fraction of sp³-hybridized carbons (Fsp3) is 0.150. The van der Waals surface area contributed by atoms with Crippen LogP contribution in [0.15, 0.2) is 42.6 Å². The Labute approximate surface area is 156 Å². The summed E-state index contributed by atoms with van der Waals surface area (Å²) in [4.78, 5) is 7.85. The average molecular weight is 364 g/mol. The van der Waals surface area contributed by atoms with Gasteiger partial charge < -0.3 is 25.3 Å². The standard InChI is InChI=1S/C20H20N4O3/c1-11-5-4-6-13-18(11)23-20(22-13)17-15(25)10-24(19(17)21)14-9-12(26-2)7-8-16(14)27-3/h4-10,25H,21H2,1-3H3,(H,22,23). The number of H-pyrrole nitrogens is 1. The molecule has 0 radical (unpaired) electrons. The second-order valence-corrected chi connectivity index (χ2v) is 6.24. The number of aryl methyl sites for hydroxylation is 1. The van der Waals surface area contributed by atoms with Gasteiger partial charge in [-0.3, -0.25) is 4.57 Å². The summed E-state index contributed by atoms with van der Waals surface area (Å²) in [5, 5.41) is 10.6. The third kappa shape index (κ3) is 2.64. The highest BCUT2D eigenvalue weighted by Crippen LogP contribution is 2.40. The molecule has 27 heavy (non-hydrogen) atoms. The number of aromatic nitrogens is 3. The maximum Gasteiger partial charge on any atom is 0.146 e. The van der Waals surface area contributed by atoms with E-state index in [1.165, 1.54) is 0 Å². The Hall–Kier alpha value is -3.61. The van der Waals surface area contributed by atoms with E-state index in [-0.39, 0.29) is 5.75 Å². The average Bonchev–Trinajstić information content (AvgIpc) is 3.22. The van der Waals surface area contributed by atoms with Gasteiger partial charge in [0, 0.05) is 6.07 Å². The third-order valence-electron chi connectivity index (χ3n) is 4.62. The number of hydrogen-bond donors (Lipinski definition) is 3. The van der Waals surface area contributed by atoms with Gasteiger partial charge in [-0.2, -0.15) is 0 Å². The van der Waals surface area contributed by atoms with Crippen LogP contribution in [0.4, 0.5) is 5.82 Å². The van der Waals surface area contributed by atoms with Crippen molar-refractivity contribution in [2.75, 3.05) is 20.0 Å². The van der Waals surface area contributed by atoms with Crippen LogP contribution in [-0.4, -0.2) is 33.9 Å². The summed E-state index contributed by atoms with van der Waals surface area (Å²) in [6.07, 6.45) is 1.54. The number of methoxy groups -OCH3 is 2. The Morgan fingerprint density at radius 3 is 2.67 bits per heavy atom.